The Hall–Kier alpha value is -2.07. The summed E-state index contributed by atoms with van der Waals surface area (Å²) in [6, 6.07) is 9.19. The van der Waals surface area contributed by atoms with E-state index in [1.165, 1.54) is 12.1 Å². The Morgan fingerprint density at radius 3 is 2.63 bits per heavy atom. The number of nitrogen functional groups attached to an aromatic ring is 1. The normalized spacial score (nSPS) is 10.3. The van der Waals surface area contributed by atoms with Gasteiger partial charge in [-0.05, 0) is 36.8 Å². The van der Waals surface area contributed by atoms with Crippen LogP contribution in [0.15, 0.2) is 36.4 Å². The first-order valence-electron chi connectivity index (χ1n) is 5.55. The highest BCUT2D eigenvalue weighted by molar-refractivity contribution is 6.30. The van der Waals surface area contributed by atoms with Crippen molar-refractivity contribution in [2.24, 2.45) is 5.73 Å². The van der Waals surface area contributed by atoms with Crippen molar-refractivity contribution in [3.63, 3.8) is 0 Å². The van der Waals surface area contributed by atoms with Crippen LogP contribution in [0, 0.1) is 18.2 Å². The van der Waals surface area contributed by atoms with E-state index in [2.05, 4.69) is 0 Å². The lowest BCUT2D eigenvalue weighted by Crippen LogP contribution is -2.12. The van der Waals surface area contributed by atoms with Gasteiger partial charge in [0.2, 0.25) is 0 Å². The molecule has 0 heterocycles. The number of aryl methyl sites for hydroxylation is 1. The molecule has 0 spiro atoms. The number of nitrogens with one attached hydrogen (secondary N) is 1. The van der Waals surface area contributed by atoms with E-state index >= 15 is 0 Å². The first-order valence-corrected chi connectivity index (χ1v) is 5.93. The van der Waals surface area contributed by atoms with Crippen LogP contribution in [0.5, 0.6) is 11.5 Å². The number of halogens is 2. The fraction of sp³-hybridized carbons (Fsp3) is 0.0714. The molecule has 0 bridgehead atoms. The molecule has 3 N–H and O–H groups in total. The Kier molecular flexibility index (Phi) is 3.71. The van der Waals surface area contributed by atoms with Gasteiger partial charge < -0.3 is 10.5 Å². The third-order valence-corrected chi connectivity index (χ3v) is 2.78. The van der Waals surface area contributed by atoms with E-state index in [1.54, 1.807) is 24.3 Å². The Bertz CT molecular complexity index is 643. The second-order valence-corrected chi connectivity index (χ2v) is 4.53. The summed E-state index contributed by atoms with van der Waals surface area (Å²) in [4.78, 5) is 0. The molecule has 0 aliphatic carbocycles. The van der Waals surface area contributed by atoms with E-state index < -0.39 is 5.82 Å². The van der Waals surface area contributed by atoms with Crippen molar-refractivity contribution < 1.29 is 9.13 Å². The molecule has 0 unspecified atom stereocenters. The molecule has 19 heavy (non-hydrogen) atoms. The van der Waals surface area contributed by atoms with Crippen molar-refractivity contribution in [1.29, 1.82) is 5.41 Å². The fourth-order valence-corrected chi connectivity index (χ4v) is 1.77. The highest BCUT2D eigenvalue weighted by atomic mass is 35.5. The molecule has 5 heteroatoms. The summed E-state index contributed by atoms with van der Waals surface area (Å²) in [6.07, 6.45) is 0. The Labute approximate surface area is 115 Å². The van der Waals surface area contributed by atoms with Crippen molar-refractivity contribution in [3.8, 4) is 11.5 Å². The van der Waals surface area contributed by atoms with Crippen molar-refractivity contribution in [3.05, 3.63) is 58.4 Å². The predicted octanol–water partition coefficient (Wildman–Crippen LogP) is 3.86. The minimum Gasteiger partial charge on any atom is -0.453 e. The largest absolute Gasteiger partial charge is 0.453 e. The van der Waals surface area contributed by atoms with Gasteiger partial charge in [-0.3, -0.25) is 5.41 Å². The Morgan fingerprint density at radius 1 is 1.21 bits per heavy atom. The number of hydrogen-bond acceptors (Lipinski definition) is 2. The number of rotatable bonds is 3. The molecule has 2 rings (SSSR count). The summed E-state index contributed by atoms with van der Waals surface area (Å²) < 4.78 is 19.1. The molecular weight excluding hydrogens is 267 g/mol. The second-order valence-electron chi connectivity index (χ2n) is 4.09. The number of ether oxygens (including phenoxy) is 1. The van der Waals surface area contributed by atoms with Gasteiger partial charge >= 0.3 is 0 Å². The van der Waals surface area contributed by atoms with Gasteiger partial charge in [-0.2, -0.15) is 0 Å². The molecule has 98 valence electrons. The molecule has 2 aromatic rings. The molecule has 0 amide bonds. The zero-order chi connectivity index (χ0) is 14.0. The van der Waals surface area contributed by atoms with Crippen LogP contribution in [0.4, 0.5) is 4.39 Å². The maximum atomic E-state index is 13.6. The summed E-state index contributed by atoms with van der Waals surface area (Å²) in [6.45, 7) is 1.83. The summed E-state index contributed by atoms with van der Waals surface area (Å²) in [5, 5.41) is 7.89. The number of hydrogen-bond donors (Lipinski definition) is 2. The van der Waals surface area contributed by atoms with Crippen molar-refractivity contribution in [1.82, 2.24) is 0 Å². The van der Waals surface area contributed by atoms with E-state index in [9.17, 15) is 4.39 Å². The second kappa shape index (κ2) is 5.28. The maximum absolute atomic E-state index is 13.6. The Morgan fingerprint density at radius 2 is 1.95 bits per heavy atom. The summed E-state index contributed by atoms with van der Waals surface area (Å²) >= 11 is 5.87. The summed E-state index contributed by atoms with van der Waals surface area (Å²) in [5.74, 6) is -0.325. The molecule has 0 aliphatic rings. The lowest BCUT2D eigenvalue weighted by molar-refractivity contribution is 0.441. The van der Waals surface area contributed by atoms with Gasteiger partial charge in [0.15, 0.2) is 11.6 Å². The van der Waals surface area contributed by atoms with Crippen molar-refractivity contribution in [2.45, 2.75) is 6.92 Å². The highest BCUT2D eigenvalue weighted by Gasteiger charge is 2.11. The first-order chi connectivity index (χ1) is 8.97. The monoisotopic (exact) mass is 278 g/mol. The first kappa shape index (κ1) is 13.4. The lowest BCUT2D eigenvalue weighted by Gasteiger charge is -2.11. The van der Waals surface area contributed by atoms with E-state index in [1.807, 2.05) is 6.92 Å². The average molecular weight is 279 g/mol. The van der Waals surface area contributed by atoms with Gasteiger partial charge in [-0.25, -0.2) is 4.39 Å². The lowest BCUT2D eigenvalue weighted by atomic mass is 10.2. The van der Waals surface area contributed by atoms with Crippen LogP contribution >= 0.6 is 11.6 Å². The minimum atomic E-state index is -0.486. The number of benzene rings is 2. The molecule has 3 nitrogen and oxygen atoms in total. The fourth-order valence-electron chi connectivity index (χ4n) is 1.61. The van der Waals surface area contributed by atoms with E-state index in [-0.39, 0.29) is 17.3 Å². The SMILES string of the molecule is Cc1ccc(F)c(Oc2cc(Cl)ccc2C(=N)N)c1. The third-order valence-electron chi connectivity index (χ3n) is 2.54. The minimum absolute atomic E-state index is 0.0739. The molecule has 0 aliphatic heterocycles. The number of nitrogens with two attached hydrogens (primary N) is 1. The van der Waals surface area contributed by atoms with Crippen LogP contribution in [0.3, 0.4) is 0 Å². The molecule has 0 saturated heterocycles. The van der Waals surface area contributed by atoms with Gasteiger partial charge in [0.1, 0.15) is 11.6 Å². The van der Waals surface area contributed by atoms with Gasteiger partial charge in [-0.15, -0.1) is 0 Å². The number of amidine groups is 1. The molecular formula is C14H12ClFN2O. The summed E-state index contributed by atoms with van der Waals surface area (Å²) in [5.41, 5.74) is 6.68. The van der Waals surface area contributed by atoms with Gasteiger partial charge in [0.25, 0.3) is 0 Å². The van der Waals surface area contributed by atoms with Crippen LogP contribution < -0.4 is 10.5 Å². The molecule has 0 radical (unpaired) electrons. The smallest absolute Gasteiger partial charge is 0.165 e. The zero-order valence-corrected chi connectivity index (χ0v) is 11.0. The topological polar surface area (TPSA) is 59.1 Å². The van der Waals surface area contributed by atoms with Gasteiger partial charge in [-0.1, -0.05) is 17.7 Å². The van der Waals surface area contributed by atoms with E-state index in [0.717, 1.165) is 5.56 Å². The zero-order valence-electron chi connectivity index (χ0n) is 10.2. The van der Waals surface area contributed by atoms with Gasteiger partial charge in [0.05, 0.1) is 5.56 Å². The predicted molar refractivity (Wildman–Crippen MR) is 73.7 cm³/mol. The molecule has 0 atom stereocenters. The Balaban J connectivity index is 2.45. The third kappa shape index (κ3) is 3.03. The molecule has 0 saturated carbocycles. The van der Waals surface area contributed by atoms with Crippen LogP contribution in [-0.2, 0) is 0 Å². The van der Waals surface area contributed by atoms with Crippen LogP contribution in [-0.4, -0.2) is 5.84 Å². The summed E-state index contributed by atoms with van der Waals surface area (Å²) in [7, 11) is 0. The molecule has 0 fully saturated rings. The van der Waals surface area contributed by atoms with Crippen LogP contribution in [0.2, 0.25) is 5.02 Å². The van der Waals surface area contributed by atoms with E-state index in [4.69, 9.17) is 27.5 Å². The van der Waals surface area contributed by atoms with Crippen molar-refractivity contribution >= 4 is 17.4 Å². The maximum Gasteiger partial charge on any atom is 0.165 e. The highest BCUT2D eigenvalue weighted by Crippen LogP contribution is 2.30. The van der Waals surface area contributed by atoms with E-state index in [0.29, 0.717) is 10.6 Å². The van der Waals surface area contributed by atoms with Crippen molar-refractivity contribution in [2.75, 3.05) is 0 Å². The average Bonchev–Trinajstić information content (AvgIpc) is 2.33. The quantitative estimate of drug-likeness (QED) is 0.661. The molecule has 2 aromatic carbocycles. The standard InChI is InChI=1S/C14H12ClFN2O/c1-8-2-5-11(16)13(6-8)19-12-7-9(15)3-4-10(12)14(17)18/h2-7H,1H3,(H3,17,18). The van der Waals surface area contributed by atoms with Crippen LogP contribution in [0.25, 0.3) is 0 Å². The van der Waals surface area contributed by atoms with Crippen LogP contribution in [0.1, 0.15) is 11.1 Å². The molecule has 0 aromatic heterocycles. The van der Waals surface area contributed by atoms with Gasteiger partial charge in [0, 0.05) is 11.1 Å².